The van der Waals surface area contributed by atoms with Gasteiger partial charge in [-0.1, -0.05) is 13.8 Å². The fourth-order valence-electron chi connectivity index (χ4n) is 2.34. The highest BCUT2D eigenvalue weighted by Gasteiger charge is 2.28. The van der Waals surface area contributed by atoms with E-state index in [1.165, 1.54) is 25.9 Å². The van der Waals surface area contributed by atoms with E-state index in [4.69, 9.17) is 0 Å². The number of hydrogen-bond acceptors (Lipinski definition) is 2. The summed E-state index contributed by atoms with van der Waals surface area (Å²) in [6.07, 6.45) is 5.33. The number of piperidine rings is 1. The number of rotatable bonds is 4. The third-order valence-electron chi connectivity index (χ3n) is 3.82. The summed E-state index contributed by atoms with van der Waals surface area (Å²) in [5, 5.41) is 10.2. The monoisotopic (exact) mass is 199 g/mol. The van der Waals surface area contributed by atoms with Gasteiger partial charge in [0.05, 0.1) is 5.60 Å². The van der Waals surface area contributed by atoms with Crippen LogP contribution in [0.1, 0.15) is 46.0 Å². The number of likely N-dealkylation sites (tertiary alicyclic amines) is 1. The molecule has 0 aromatic heterocycles. The Morgan fingerprint density at radius 3 is 2.14 bits per heavy atom. The summed E-state index contributed by atoms with van der Waals surface area (Å²) in [7, 11) is 2.18. The van der Waals surface area contributed by atoms with E-state index in [-0.39, 0.29) is 5.60 Å². The van der Waals surface area contributed by atoms with Crippen molar-refractivity contribution in [3.63, 3.8) is 0 Å². The Kier molecular flexibility index (Phi) is 4.39. The quantitative estimate of drug-likeness (QED) is 0.751. The molecule has 0 unspecified atom stereocenters. The van der Waals surface area contributed by atoms with E-state index < -0.39 is 0 Å². The average molecular weight is 199 g/mol. The van der Waals surface area contributed by atoms with Crippen LogP contribution < -0.4 is 0 Å². The highest BCUT2D eigenvalue weighted by atomic mass is 16.3. The van der Waals surface area contributed by atoms with Crippen LogP contribution in [0.3, 0.4) is 0 Å². The van der Waals surface area contributed by atoms with Gasteiger partial charge in [0.25, 0.3) is 0 Å². The van der Waals surface area contributed by atoms with Gasteiger partial charge in [-0.25, -0.2) is 0 Å². The van der Waals surface area contributed by atoms with Gasteiger partial charge in [-0.15, -0.1) is 0 Å². The van der Waals surface area contributed by atoms with Crippen molar-refractivity contribution >= 4 is 0 Å². The molecular formula is C12H25NO. The van der Waals surface area contributed by atoms with Crippen molar-refractivity contribution in [2.45, 2.75) is 51.6 Å². The lowest BCUT2D eigenvalue weighted by molar-refractivity contribution is -0.000771. The van der Waals surface area contributed by atoms with E-state index in [0.29, 0.717) is 0 Å². The zero-order valence-corrected chi connectivity index (χ0v) is 9.92. The molecule has 2 nitrogen and oxygen atoms in total. The van der Waals surface area contributed by atoms with Crippen LogP contribution in [0.2, 0.25) is 0 Å². The SMILES string of the molecule is CCC(O)(CC)CC1CCN(C)CC1. The molecule has 0 aromatic carbocycles. The molecule has 0 amide bonds. The molecule has 0 bridgehead atoms. The lowest BCUT2D eigenvalue weighted by atomic mass is 9.82. The first kappa shape index (κ1) is 12.0. The van der Waals surface area contributed by atoms with Gasteiger partial charge in [0, 0.05) is 0 Å². The maximum atomic E-state index is 10.2. The molecule has 14 heavy (non-hydrogen) atoms. The molecule has 0 saturated carbocycles. The first-order valence-electron chi connectivity index (χ1n) is 6.00. The first-order chi connectivity index (χ1) is 6.59. The maximum Gasteiger partial charge on any atom is 0.0645 e. The van der Waals surface area contributed by atoms with Gasteiger partial charge < -0.3 is 10.0 Å². The van der Waals surface area contributed by atoms with Gasteiger partial charge in [0.2, 0.25) is 0 Å². The minimum Gasteiger partial charge on any atom is -0.390 e. The Labute approximate surface area is 88.3 Å². The van der Waals surface area contributed by atoms with Crippen LogP contribution in [0.25, 0.3) is 0 Å². The molecule has 0 radical (unpaired) electrons. The van der Waals surface area contributed by atoms with Crippen LogP contribution in [0.5, 0.6) is 0 Å². The fourth-order valence-corrected chi connectivity index (χ4v) is 2.34. The Balaban J connectivity index is 2.36. The zero-order chi connectivity index (χ0) is 10.6. The minimum absolute atomic E-state index is 0.388. The highest BCUT2D eigenvalue weighted by molar-refractivity contribution is 4.81. The van der Waals surface area contributed by atoms with Crippen LogP contribution >= 0.6 is 0 Å². The summed E-state index contributed by atoms with van der Waals surface area (Å²) in [5.74, 6) is 0.746. The summed E-state index contributed by atoms with van der Waals surface area (Å²) < 4.78 is 0. The molecule has 1 rings (SSSR count). The minimum atomic E-state index is -0.388. The molecule has 0 aromatic rings. The smallest absolute Gasteiger partial charge is 0.0645 e. The fraction of sp³-hybridized carbons (Fsp3) is 1.00. The van der Waals surface area contributed by atoms with Crippen molar-refractivity contribution in [1.29, 1.82) is 0 Å². The van der Waals surface area contributed by atoms with Crippen molar-refractivity contribution in [3.05, 3.63) is 0 Å². The molecule has 1 fully saturated rings. The standard InChI is InChI=1S/C12H25NO/c1-4-12(14,5-2)10-11-6-8-13(3)9-7-11/h11,14H,4-10H2,1-3H3. The largest absolute Gasteiger partial charge is 0.390 e. The van der Waals surface area contributed by atoms with E-state index in [1.807, 2.05) is 0 Å². The Hall–Kier alpha value is -0.0800. The Morgan fingerprint density at radius 2 is 1.71 bits per heavy atom. The molecule has 2 heteroatoms. The molecule has 0 aliphatic carbocycles. The van der Waals surface area contributed by atoms with Gasteiger partial charge in [-0.2, -0.15) is 0 Å². The van der Waals surface area contributed by atoms with Crippen molar-refractivity contribution in [2.24, 2.45) is 5.92 Å². The van der Waals surface area contributed by atoms with Gasteiger partial charge in [-0.3, -0.25) is 0 Å². The third kappa shape index (κ3) is 3.25. The molecule has 1 aliphatic rings. The van der Waals surface area contributed by atoms with Crippen LogP contribution in [0.15, 0.2) is 0 Å². The van der Waals surface area contributed by atoms with Crippen molar-refractivity contribution in [1.82, 2.24) is 4.90 Å². The normalized spacial score (nSPS) is 21.4. The summed E-state index contributed by atoms with van der Waals surface area (Å²) in [6, 6.07) is 0. The predicted molar refractivity (Wildman–Crippen MR) is 60.4 cm³/mol. The van der Waals surface area contributed by atoms with E-state index >= 15 is 0 Å². The van der Waals surface area contributed by atoms with Crippen molar-refractivity contribution < 1.29 is 5.11 Å². The summed E-state index contributed by atoms with van der Waals surface area (Å²) in [6.45, 7) is 6.60. The molecule has 1 heterocycles. The summed E-state index contributed by atoms with van der Waals surface area (Å²) in [5.41, 5.74) is -0.388. The molecule has 0 spiro atoms. The topological polar surface area (TPSA) is 23.5 Å². The second-order valence-corrected chi connectivity index (χ2v) is 4.88. The Morgan fingerprint density at radius 1 is 1.21 bits per heavy atom. The van der Waals surface area contributed by atoms with E-state index in [0.717, 1.165) is 25.2 Å². The molecule has 1 aliphatic heterocycles. The molecule has 84 valence electrons. The molecule has 1 N–H and O–H groups in total. The third-order valence-corrected chi connectivity index (χ3v) is 3.82. The summed E-state index contributed by atoms with van der Waals surface area (Å²) >= 11 is 0. The van der Waals surface area contributed by atoms with Gasteiger partial charge in [-0.05, 0) is 58.2 Å². The lowest BCUT2D eigenvalue weighted by Crippen LogP contribution is -2.36. The first-order valence-corrected chi connectivity index (χ1v) is 6.00. The van der Waals surface area contributed by atoms with Crippen LogP contribution in [-0.2, 0) is 0 Å². The Bertz CT molecular complexity index is 158. The molecule has 1 saturated heterocycles. The van der Waals surface area contributed by atoms with Crippen LogP contribution in [0.4, 0.5) is 0 Å². The van der Waals surface area contributed by atoms with Crippen molar-refractivity contribution in [3.8, 4) is 0 Å². The number of aliphatic hydroxyl groups is 1. The second kappa shape index (κ2) is 5.13. The maximum absolute atomic E-state index is 10.2. The van der Waals surface area contributed by atoms with Crippen LogP contribution in [-0.4, -0.2) is 35.7 Å². The highest BCUT2D eigenvalue weighted by Crippen LogP contribution is 2.29. The lowest BCUT2D eigenvalue weighted by Gasteiger charge is -2.35. The van der Waals surface area contributed by atoms with Gasteiger partial charge in [0.1, 0.15) is 0 Å². The van der Waals surface area contributed by atoms with Gasteiger partial charge >= 0.3 is 0 Å². The predicted octanol–water partition coefficient (Wildman–Crippen LogP) is 2.27. The van der Waals surface area contributed by atoms with E-state index in [9.17, 15) is 5.11 Å². The van der Waals surface area contributed by atoms with Crippen LogP contribution in [0, 0.1) is 5.92 Å². The van der Waals surface area contributed by atoms with Crippen molar-refractivity contribution in [2.75, 3.05) is 20.1 Å². The zero-order valence-electron chi connectivity index (χ0n) is 9.92. The second-order valence-electron chi connectivity index (χ2n) is 4.88. The number of hydrogen-bond donors (Lipinski definition) is 1. The van der Waals surface area contributed by atoms with Gasteiger partial charge in [0.15, 0.2) is 0 Å². The molecular weight excluding hydrogens is 174 g/mol. The summed E-state index contributed by atoms with van der Waals surface area (Å²) in [4.78, 5) is 2.38. The average Bonchev–Trinajstić information content (AvgIpc) is 2.21. The molecule has 0 atom stereocenters. The van der Waals surface area contributed by atoms with E-state index in [2.05, 4.69) is 25.8 Å². The van der Waals surface area contributed by atoms with E-state index in [1.54, 1.807) is 0 Å². The number of nitrogens with zero attached hydrogens (tertiary/aromatic N) is 1.